The molecule has 218 valence electrons. The third-order valence-electron chi connectivity index (χ3n) is 10.6. The maximum absolute atomic E-state index is 15.1. The van der Waals surface area contributed by atoms with Crippen LogP contribution in [0.15, 0.2) is 71.6 Å². The molecule has 6 rings (SSSR count). The Morgan fingerprint density at radius 2 is 1.71 bits per heavy atom. The van der Waals surface area contributed by atoms with Crippen LogP contribution < -0.4 is 0 Å². The summed E-state index contributed by atoms with van der Waals surface area (Å²) in [7, 11) is 0. The molecule has 2 saturated carbocycles. The van der Waals surface area contributed by atoms with Gasteiger partial charge in [-0.15, -0.1) is 0 Å². The number of hydrogen-bond donors (Lipinski definition) is 1. The van der Waals surface area contributed by atoms with Gasteiger partial charge in [0.2, 0.25) is 0 Å². The van der Waals surface area contributed by atoms with Crippen LogP contribution in [0.5, 0.6) is 0 Å². The summed E-state index contributed by atoms with van der Waals surface area (Å²) in [4.78, 5) is 16.4. The van der Waals surface area contributed by atoms with Crippen molar-refractivity contribution in [3.8, 4) is 0 Å². The first-order valence-electron chi connectivity index (χ1n) is 14.5. The predicted octanol–water partition coefficient (Wildman–Crippen LogP) is 7.70. The molecule has 4 aliphatic rings. The fraction of sp³-hybridized carbons (Fsp3) is 0.515. The number of aryl methyl sites for hydroxylation is 2. The highest BCUT2D eigenvalue weighted by Gasteiger charge is 2.79. The van der Waals surface area contributed by atoms with Crippen LogP contribution in [0.2, 0.25) is 0 Å². The Hall–Kier alpha value is -2.87. The standard InChI is InChI=1S/C33H34F5NO2/c1-30-18-27(22-8-6-20(7-9-22)4-5-21-3-2-16-39-19-21)29-25-13-11-24(40)17-23(25)10-12-26(29)28(30)14-15-31(30,41)32(34,35)33(36,37)38/h2-3,6-9,16-17,19,26-28,41H,4-5,10-15,18H2,1H3/t26-,27+,28-,30-,31-/m0/s1. The molecule has 2 aromatic rings. The van der Waals surface area contributed by atoms with Crippen molar-refractivity contribution < 1.29 is 31.9 Å². The first kappa shape index (κ1) is 28.3. The number of rotatable bonds is 5. The van der Waals surface area contributed by atoms with Crippen molar-refractivity contribution in [1.82, 2.24) is 4.98 Å². The van der Waals surface area contributed by atoms with Gasteiger partial charge in [-0.05, 0) is 103 Å². The summed E-state index contributed by atoms with van der Waals surface area (Å²) >= 11 is 0. The number of fused-ring (bicyclic) bond motifs is 4. The highest BCUT2D eigenvalue weighted by atomic mass is 19.4. The molecule has 1 aromatic heterocycles. The van der Waals surface area contributed by atoms with Gasteiger partial charge in [0.15, 0.2) is 5.78 Å². The van der Waals surface area contributed by atoms with Crippen molar-refractivity contribution >= 4 is 5.78 Å². The summed E-state index contributed by atoms with van der Waals surface area (Å²) in [6.07, 6.45) is 2.56. The summed E-state index contributed by atoms with van der Waals surface area (Å²) in [5, 5.41) is 11.4. The normalized spacial score (nSPS) is 31.8. The van der Waals surface area contributed by atoms with E-state index in [1.165, 1.54) is 6.92 Å². The van der Waals surface area contributed by atoms with Gasteiger partial charge in [0.25, 0.3) is 0 Å². The van der Waals surface area contributed by atoms with Crippen molar-refractivity contribution in [2.45, 2.75) is 88.3 Å². The molecule has 5 atom stereocenters. The number of halogens is 5. The molecular formula is C33H34F5NO2. The van der Waals surface area contributed by atoms with Crippen LogP contribution in [0.1, 0.15) is 74.5 Å². The second kappa shape index (κ2) is 9.85. The van der Waals surface area contributed by atoms with Crippen molar-refractivity contribution in [2.24, 2.45) is 17.3 Å². The Kier molecular flexibility index (Phi) is 6.79. The molecule has 8 heteroatoms. The van der Waals surface area contributed by atoms with Gasteiger partial charge in [-0.2, -0.15) is 22.0 Å². The lowest BCUT2D eigenvalue weighted by molar-refractivity contribution is -0.362. The minimum absolute atomic E-state index is 0.00850. The predicted molar refractivity (Wildman–Crippen MR) is 144 cm³/mol. The van der Waals surface area contributed by atoms with Gasteiger partial charge in [-0.1, -0.05) is 42.8 Å². The minimum Gasteiger partial charge on any atom is -0.383 e. The van der Waals surface area contributed by atoms with Crippen LogP contribution in [0.25, 0.3) is 0 Å². The Morgan fingerprint density at radius 1 is 0.976 bits per heavy atom. The Bertz CT molecular complexity index is 1400. The summed E-state index contributed by atoms with van der Waals surface area (Å²) in [5.41, 5.74) is 1.34. The summed E-state index contributed by atoms with van der Waals surface area (Å²) in [6.45, 7) is 1.46. The molecule has 0 amide bonds. The number of aromatic nitrogens is 1. The quantitative estimate of drug-likeness (QED) is 0.374. The molecule has 2 fully saturated rings. The van der Waals surface area contributed by atoms with E-state index in [0.717, 1.165) is 46.3 Å². The van der Waals surface area contributed by atoms with Crippen LogP contribution in [0, 0.1) is 17.3 Å². The zero-order valence-electron chi connectivity index (χ0n) is 23.0. The fourth-order valence-electron chi connectivity index (χ4n) is 8.47. The number of allylic oxidation sites excluding steroid dienone is 4. The zero-order valence-corrected chi connectivity index (χ0v) is 23.0. The highest BCUT2D eigenvalue weighted by Crippen LogP contribution is 2.70. The number of aliphatic hydroxyl groups is 1. The Balaban J connectivity index is 1.41. The van der Waals surface area contributed by atoms with E-state index >= 15 is 8.78 Å². The number of carbonyl (C=O) groups is 1. The second-order valence-corrected chi connectivity index (χ2v) is 12.6. The number of nitrogens with zero attached hydrogens (tertiary/aromatic N) is 1. The van der Waals surface area contributed by atoms with Crippen LogP contribution >= 0.6 is 0 Å². The van der Waals surface area contributed by atoms with Gasteiger partial charge in [0.1, 0.15) is 5.60 Å². The van der Waals surface area contributed by atoms with Crippen LogP contribution in [0.4, 0.5) is 22.0 Å². The van der Waals surface area contributed by atoms with E-state index in [9.17, 15) is 23.1 Å². The number of benzene rings is 1. The van der Waals surface area contributed by atoms with Crippen molar-refractivity contribution in [1.29, 1.82) is 0 Å². The molecule has 0 radical (unpaired) electrons. The molecule has 4 aliphatic carbocycles. The smallest absolute Gasteiger partial charge is 0.383 e. The lowest BCUT2D eigenvalue weighted by atomic mass is 9.50. The molecule has 41 heavy (non-hydrogen) atoms. The molecule has 1 heterocycles. The maximum atomic E-state index is 15.1. The molecule has 0 aliphatic heterocycles. The van der Waals surface area contributed by atoms with Gasteiger partial charge in [-0.25, -0.2) is 0 Å². The third kappa shape index (κ3) is 4.39. The zero-order chi connectivity index (χ0) is 29.2. The largest absolute Gasteiger partial charge is 0.456 e. The molecule has 0 bridgehead atoms. The van der Waals surface area contributed by atoms with E-state index in [2.05, 4.69) is 4.98 Å². The first-order valence-corrected chi connectivity index (χ1v) is 14.5. The highest BCUT2D eigenvalue weighted by molar-refractivity contribution is 5.93. The van der Waals surface area contributed by atoms with Gasteiger partial charge in [-0.3, -0.25) is 9.78 Å². The molecular weight excluding hydrogens is 537 g/mol. The molecule has 0 spiro atoms. The average molecular weight is 572 g/mol. The molecule has 3 nitrogen and oxygen atoms in total. The summed E-state index contributed by atoms with van der Waals surface area (Å²) in [5.74, 6) is -6.31. The number of hydrogen-bond acceptors (Lipinski definition) is 3. The Morgan fingerprint density at radius 3 is 2.39 bits per heavy atom. The SMILES string of the molecule is C[C@]12C[C@H](c3ccc(CCc4cccnc4)cc3)C3=C4CCC(=O)C=C4CC[C@H]3[C@@H]1CC[C@@]2(O)C(F)(F)C(F)(F)F. The third-order valence-corrected chi connectivity index (χ3v) is 10.6. The van der Waals surface area contributed by atoms with Crippen molar-refractivity contribution in [3.05, 3.63) is 88.3 Å². The topological polar surface area (TPSA) is 50.2 Å². The number of alkyl halides is 5. The van der Waals surface area contributed by atoms with E-state index in [1.54, 1.807) is 12.3 Å². The van der Waals surface area contributed by atoms with Crippen LogP contribution in [-0.4, -0.2) is 33.6 Å². The van der Waals surface area contributed by atoms with Gasteiger partial charge < -0.3 is 5.11 Å². The average Bonchev–Trinajstić information content (AvgIpc) is 3.23. The molecule has 0 saturated heterocycles. The maximum Gasteiger partial charge on any atom is 0.456 e. The van der Waals surface area contributed by atoms with Crippen LogP contribution in [-0.2, 0) is 17.6 Å². The van der Waals surface area contributed by atoms with E-state index < -0.39 is 41.4 Å². The number of pyridine rings is 1. The van der Waals surface area contributed by atoms with Crippen molar-refractivity contribution in [3.63, 3.8) is 0 Å². The van der Waals surface area contributed by atoms with Gasteiger partial charge in [0, 0.05) is 30.1 Å². The minimum atomic E-state index is -5.85. The van der Waals surface area contributed by atoms with E-state index in [4.69, 9.17) is 0 Å². The Labute approximate surface area is 236 Å². The van der Waals surface area contributed by atoms with Gasteiger partial charge >= 0.3 is 12.1 Å². The summed E-state index contributed by atoms with van der Waals surface area (Å²) < 4.78 is 71.5. The van der Waals surface area contributed by atoms with Gasteiger partial charge in [0.05, 0.1) is 0 Å². The molecule has 0 unspecified atom stereocenters. The molecule has 1 N–H and O–H groups in total. The van der Waals surface area contributed by atoms with Crippen molar-refractivity contribution in [2.75, 3.05) is 0 Å². The summed E-state index contributed by atoms with van der Waals surface area (Å²) in [6, 6.07) is 11.8. The molecule has 1 aromatic carbocycles. The van der Waals surface area contributed by atoms with E-state index in [0.29, 0.717) is 25.7 Å². The fourth-order valence-corrected chi connectivity index (χ4v) is 8.47. The van der Waals surface area contributed by atoms with E-state index in [-0.39, 0.29) is 24.5 Å². The first-order chi connectivity index (χ1) is 19.4. The van der Waals surface area contributed by atoms with Crippen LogP contribution in [0.3, 0.4) is 0 Å². The lowest BCUT2D eigenvalue weighted by Crippen LogP contribution is -2.65. The number of carbonyl (C=O) groups excluding carboxylic acids is 1. The number of ketones is 1. The monoisotopic (exact) mass is 571 g/mol. The van der Waals surface area contributed by atoms with E-state index in [1.807, 2.05) is 42.6 Å². The lowest BCUT2D eigenvalue weighted by Gasteiger charge is -2.56. The second-order valence-electron chi connectivity index (χ2n) is 12.6.